The number of methoxy groups -OCH3 is 1. The summed E-state index contributed by atoms with van der Waals surface area (Å²) in [5.41, 5.74) is 1.20. The fourth-order valence-electron chi connectivity index (χ4n) is 4.27. The molecule has 162 valence electrons. The maximum atomic E-state index is 13.4. The molecular weight excluding hydrogens is 386 g/mol. The summed E-state index contributed by atoms with van der Waals surface area (Å²) in [6.07, 6.45) is 3.31. The molecule has 2 aromatic heterocycles. The van der Waals surface area contributed by atoms with E-state index < -0.39 is 5.41 Å². The largest absolute Gasteiger partial charge is 0.490 e. The molecule has 8 nitrogen and oxygen atoms in total. The van der Waals surface area contributed by atoms with Crippen molar-refractivity contribution in [3.63, 3.8) is 0 Å². The fourth-order valence-corrected chi connectivity index (χ4v) is 4.27. The first-order valence-corrected chi connectivity index (χ1v) is 10.3. The number of hydrogen-bond acceptors (Lipinski definition) is 6. The molecule has 0 unspecified atom stereocenters. The second kappa shape index (κ2) is 8.85. The number of imidazole rings is 1. The van der Waals surface area contributed by atoms with E-state index >= 15 is 0 Å². The topological polar surface area (TPSA) is 90.2 Å². The van der Waals surface area contributed by atoms with E-state index in [-0.39, 0.29) is 30.5 Å². The molecule has 0 atom stereocenters. The van der Waals surface area contributed by atoms with Crippen molar-refractivity contribution in [1.82, 2.24) is 14.3 Å². The standard InChI is InChI=1S/C22H29N3O5/c1-5-30-18-7-6-10-25-20(15(2)23-21(18)25)17(27)13-22(14-19(28)29-4)8-11-24(12-9-22)16(3)26/h6-7,10H,5,8-9,11-14H2,1-4H3. The molecule has 0 radical (unpaired) electrons. The average Bonchev–Trinajstić information content (AvgIpc) is 3.05. The predicted octanol–water partition coefficient (Wildman–Crippen LogP) is 2.81. The van der Waals surface area contributed by atoms with Gasteiger partial charge in [-0.25, -0.2) is 4.98 Å². The number of pyridine rings is 1. The lowest BCUT2D eigenvalue weighted by atomic mass is 9.71. The molecule has 0 N–H and O–H groups in total. The molecule has 30 heavy (non-hydrogen) atoms. The number of carbonyl (C=O) groups is 3. The first-order chi connectivity index (χ1) is 14.3. The van der Waals surface area contributed by atoms with Crippen LogP contribution in [0.1, 0.15) is 55.7 Å². The molecule has 0 spiro atoms. The van der Waals surface area contributed by atoms with E-state index in [0.29, 0.717) is 55.3 Å². The number of piperidine rings is 1. The summed E-state index contributed by atoms with van der Waals surface area (Å²) in [4.78, 5) is 43.6. The smallest absolute Gasteiger partial charge is 0.306 e. The van der Waals surface area contributed by atoms with Gasteiger partial charge in [-0.05, 0) is 44.2 Å². The van der Waals surface area contributed by atoms with E-state index in [0.717, 1.165) is 0 Å². The van der Waals surface area contributed by atoms with Gasteiger partial charge in [0.2, 0.25) is 5.91 Å². The van der Waals surface area contributed by atoms with Crippen molar-refractivity contribution in [2.24, 2.45) is 5.41 Å². The number of likely N-dealkylation sites (tertiary alicyclic amines) is 1. The lowest BCUT2D eigenvalue weighted by Crippen LogP contribution is -2.44. The maximum Gasteiger partial charge on any atom is 0.306 e. The van der Waals surface area contributed by atoms with Gasteiger partial charge in [0, 0.05) is 32.6 Å². The van der Waals surface area contributed by atoms with Crippen LogP contribution in [0, 0.1) is 12.3 Å². The lowest BCUT2D eigenvalue weighted by Gasteiger charge is -2.40. The minimum atomic E-state index is -0.537. The Kier molecular flexibility index (Phi) is 6.43. The average molecular weight is 415 g/mol. The summed E-state index contributed by atoms with van der Waals surface area (Å²) in [5.74, 6) is 0.219. The number of ketones is 1. The molecule has 0 bridgehead atoms. The summed E-state index contributed by atoms with van der Waals surface area (Å²) in [6.45, 7) is 6.80. The Morgan fingerprint density at radius 2 is 1.90 bits per heavy atom. The van der Waals surface area contributed by atoms with Gasteiger partial charge in [-0.2, -0.15) is 0 Å². The number of rotatable bonds is 7. The molecule has 3 heterocycles. The van der Waals surface area contributed by atoms with Gasteiger partial charge in [0.1, 0.15) is 5.69 Å². The summed E-state index contributed by atoms with van der Waals surface area (Å²) < 4.78 is 12.3. The van der Waals surface area contributed by atoms with E-state index in [4.69, 9.17) is 9.47 Å². The number of nitrogens with zero attached hydrogens (tertiary/aromatic N) is 3. The molecule has 0 saturated carbocycles. The SMILES string of the molecule is CCOc1cccn2c(C(=O)CC3(CC(=O)OC)CCN(C(C)=O)CC3)c(C)nc12. The highest BCUT2D eigenvalue weighted by Gasteiger charge is 2.40. The van der Waals surface area contributed by atoms with E-state index in [1.165, 1.54) is 14.0 Å². The second-order valence-corrected chi connectivity index (χ2v) is 7.90. The normalized spacial score (nSPS) is 15.8. The minimum Gasteiger partial charge on any atom is -0.490 e. The van der Waals surface area contributed by atoms with Crippen molar-refractivity contribution in [2.45, 2.75) is 46.5 Å². The number of aromatic nitrogens is 2. The van der Waals surface area contributed by atoms with Crippen LogP contribution in [0.3, 0.4) is 0 Å². The van der Waals surface area contributed by atoms with Crippen LogP contribution < -0.4 is 4.74 Å². The van der Waals surface area contributed by atoms with E-state index in [1.807, 2.05) is 19.1 Å². The van der Waals surface area contributed by atoms with E-state index in [9.17, 15) is 14.4 Å². The molecule has 1 aliphatic heterocycles. The number of esters is 1. The molecule has 0 aromatic carbocycles. The number of amides is 1. The summed E-state index contributed by atoms with van der Waals surface area (Å²) in [6, 6.07) is 3.65. The number of aryl methyl sites for hydroxylation is 1. The number of hydrogen-bond donors (Lipinski definition) is 0. The highest BCUT2D eigenvalue weighted by atomic mass is 16.5. The van der Waals surface area contributed by atoms with Gasteiger partial charge in [0.15, 0.2) is 17.2 Å². The van der Waals surface area contributed by atoms with Crippen LogP contribution >= 0.6 is 0 Å². The van der Waals surface area contributed by atoms with Crippen molar-refractivity contribution in [1.29, 1.82) is 0 Å². The molecule has 1 amide bonds. The first kappa shape index (κ1) is 21.8. The Morgan fingerprint density at radius 3 is 2.50 bits per heavy atom. The number of Topliss-reactive ketones (excluding diaryl/α,β-unsaturated/α-hetero) is 1. The van der Waals surface area contributed by atoms with Gasteiger partial charge in [0.25, 0.3) is 0 Å². The van der Waals surface area contributed by atoms with Crippen LogP contribution in [0.25, 0.3) is 5.65 Å². The van der Waals surface area contributed by atoms with Crippen LogP contribution in [0.4, 0.5) is 0 Å². The Balaban J connectivity index is 1.91. The number of fused-ring (bicyclic) bond motifs is 1. The lowest BCUT2D eigenvalue weighted by molar-refractivity contribution is -0.144. The highest BCUT2D eigenvalue weighted by Crippen LogP contribution is 2.40. The van der Waals surface area contributed by atoms with Crippen LogP contribution in [-0.2, 0) is 14.3 Å². The van der Waals surface area contributed by atoms with Gasteiger partial charge in [-0.1, -0.05) is 0 Å². The molecule has 1 fully saturated rings. The molecular formula is C22H29N3O5. The third-order valence-electron chi connectivity index (χ3n) is 5.90. The first-order valence-electron chi connectivity index (χ1n) is 10.3. The number of carbonyl (C=O) groups excluding carboxylic acids is 3. The second-order valence-electron chi connectivity index (χ2n) is 7.90. The summed E-state index contributed by atoms with van der Waals surface area (Å²) in [7, 11) is 1.35. The Morgan fingerprint density at radius 1 is 1.20 bits per heavy atom. The van der Waals surface area contributed by atoms with E-state index in [2.05, 4.69) is 4.98 Å². The van der Waals surface area contributed by atoms with Gasteiger partial charge < -0.3 is 14.4 Å². The monoisotopic (exact) mass is 415 g/mol. The molecule has 0 aliphatic carbocycles. The third-order valence-corrected chi connectivity index (χ3v) is 5.90. The van der Waals surface area contributed by atoms with Crippen molar-refractivity contribution >= 4 is 23.3 Å². The molecule has 1 saturated heterocycles. The van der Waals surface area contributed by atoms with Crippen LogP contribution in [-0.4, -0.2) is 58.8 Å². The zero-order chi connectivity index (χ0) is 21.9. The minimum absolute atomic E-state index is 0.00840. The fraction of sp³-hybridized carbons (Fsp3) is 0.545. The Labute approximate surface area is 176 Å². The maximum absolute atomic E-state index is 13.4. The van der Waals surface area contributed by atoms with Gasteiger partial charge >= 0.3 is 5.97 Å². The quantitative estimate of drug-likeness (QED) is 0.510. The van der Waals surface area contributed by atoms with Crippen LogP contribution in [0.15, 0.2) is 18.3 Å². The summed E-state index contributed by atoms with van der Waals surface area (Å²) in [5, 5.41) is 0. The predicted molar refractivity (Wildman–Crippen MR) is 111 cm³/mol. The molecule has 8 heteroatoms. The van der Waals surface area contributed by atoms with E-state index in [1.54, 1.807) is 22.4 Å². The third kappa shape index (κ3) is 4.32. The Hall–Kier alpha value is -2.90. The van der Waals surface area contributed by atoms with Crippen molar-refractivity contribution in [3.8, 4) is 5.75 Å². The van der Waals surface area contributed by atoms with Crippen molar-refractivity contribution in [2.75, 3.05) is 26.8 Å². The van der Waals surface area contributed by atoms with Crippen molar-refractivity contribution in [3.05, 3.63) is 29.7 Å². The molecule has 2 aromatic rings. The number of ether oxygens (including phenoxy) is 2. The van der Waals surface area contributed by atoms with Crippen LogP contribution in [0.2, 0.25) is 0 Å². The zero-order valence-electron chi connectivity index (χ0n) is 18.1. The molecule has 3 rings (SSSR count). The molecule has 1 aliphatic rings. The van der Waals surface area contributed by atoms with Crippen LogP contribution in [0.5, 0.6) is 5.75 Å². The highest BCUT2D eigenvalue weighted by molar-refractivity contribution is 5.97. The Bertz CT molecular complexity index is 957. The zero-order valence-corrected chi connectivity index (χ0v) is 18.1. The van der Waals surface area contributed by atoms with Gasteiger partial charge in [-0.15, -0.1) is 0 Å². The summed E-state index contributed by atoms with van der Waals surface area (Å²) >= 11 is 0. The van der Waals surface area contributed by atoms with Crippen molar-refractivity contribution < 1.29 is 23.9 Å². The van der Waals surface area contributed by atoms with Gasteiger partial charge in [-0.3, -0.25) is 18.8 Å². The van der Waals surface area contributed by atoms with Gasteiger partial charge in [0.05, 0.1) is 25.8 Å².